The van der Waals surface area contributed by atoms with Gasteiger partial charge in [-0.3, -0.25) is 0 Å². The lowest BCUT2D eigenvalue weighted by atomic mass is 9.41. The second-order valence-corrected chi connectivity index (χ2v) is 9.83. The molecule has 3 rings (SSSR count). The minimum atomic E-state index is -0.723. The third-order valence-corrected chi connectivity index (χ3v) is 7.69. The molecule has 0 amide bonds. The molecule has 3 aliphatic carbocycles. The van der Waals surface area contributed by atoms with Crippen molar-refractivity contribution in [2.45, 2.75) is 84.3 Å². The van der Waals surface area contributed by atoms with E-state index >= 15 is 0 Å². The summed E-state index contributed by atoms with van der Waals surface area (Å²) in [6, 6.07) is 0. The van der Waals surface area contributed by atoms with Gasteiger partial charge in [-0.05, 0) is 60.2 Å². The summed E-state index contributed by atoms with van der Waals surface area (Å²) >= 11 is 0. The van der Waals surface area contributed by atoms with E-state index in [9.17, 15) is 10.2 Å². The van der Waals surface area contributed by atoms with Crippen LogP contribution in [0.3, 0.4) is 0 Å². The van der Waals surface area contributed by atoms with Crippen molar-refractivity contribution >= 4 is 0 Å². The normalized spacial score (nSPS) is 54.2. The molecule has 2 nitrogen and oxygen atoms in total. The van der Waals surface area contributed by atoms with Gasteiger partial charge in [0.25, 0.3) is 0 Å². The largest absolute Gasteiger partial charge is 0.393 e. The summed E-state index contributed by atoms with van der Waals surface area (Å²) in [4.78, 5) is 0. The Kier molecular flexibility index (Phi) is 3.63. The Morgan fingerprint density at radius 3 is 2.41 bits per heavy atom. The molecule has 1 unspecified atom stereocenters. The Balaban J connectivity index is 2.00. The first-order chi connectivity index (χ1) is 10.1. The average Bonchev–Trinajstić information content (AvgIpc) is 2.35. The predicted molar refractivity (Wildman–Crippen MR) is 90.4 cm³/mol. The van der Waals surface area contributed by atoms with Crippen LogP contribution in [0.5, 0.6) is 0 Å². The van der Waals surface area contributed by atoms with Crippen molar-refractivity contribution < 1.29 is 10.2 Å². The summed E-state index contributed by atoms with van der Waals surface area (Å²) in [6.45, 7) is 13.2. The lowest BCUT2D eigenvalue weighted by molar-refractivity contribution is -0.239. The first-order valence-corrected chi connectivity index (χ1v) is 9.10. The van der Waals surface area contributed by atoms with Crippen molar-refractivity contribution in [3.8, 4) is 0 Å². The van der Waals surface area contributed by atoms with Crippen LogP contribution in [0.25, 0.3) is 0 Å². The van der Waals surface area contributed by atoms with Gasteiger partial charge in [-0.2, -0.15) is 0 Å². The highest BCUT2D eigenvalue weighted by Crippen LogP contribution is 2.66. The second-order valence-electron chi connectivity index (χ2n) is 9.83. The van der Waals surface area contributed by atoms with Crippen LogP contribution in [0, 0.1) is 28.1 Å². The molecule has 0 radical (unpaired) electrons. The molecule has 3 saturated carbocycles. The van der Waals surface area contributed by atoms with Crippen LogP contribution in [0.4, 0.5) is 0 Å². The van der Waals surface area contributed by atoms with Crippen molar-refractivity contribution in [2.75, 3.05) is 0 Å². The van der Waals surface area contributed by atoms with Crippen LogP contribution in [0.1, 0.15) is 72.6 Å². The van der Waals surface area contributed by atoms with Crippen LogP contribution < -0.4 is 0 Å². The molecular formula is C20H34O2. The highest BCUT2D eigenvalue weighted by atomic mass is 16.3. The molecule has 0 spiro atoms. The fourth-order valence-electron chi connectivity index (χ4n) is 6.95. The molecule has 3 aliphatic rings. The van der Waals surface area contributed by atoms with Crippen molar-refractivity contribution in [1.82, 2.24) is 0 Å². The van der Waals surface area contributed by atoms with Gasteiger partial charge in [-0.15, -0.1) is 6.58 Å². The highest BCUT2D eigenvalue weighted by molar-refractivity contribution is 5.16. The van der Waals surface area contributed by atoms with Gasteiger partial charge >= 0.3 is 0 Å². The summed E-state index contributed by atoms with van der Waals surface area (Å²) < 4.78 is 0. The first kappa shape index (κ1) is 16.5. The van der Waals surface area contributed by atoms with Crippen LogP contribution >= 0.6 is 0 Å². The molecule has 6 atom stereocenters. The number of aliphatic hydroxyl groups excluding tert-OH is 1. The van der Waals surface area contributed by atoms with E-state index in [2.05, 4.69) is 34.3 Å². The quantitative estimate of drug-likeness (QED) is 0.709. The zero-order valence-electron chi connectivity index (χ0n) is 14.9. The van der Waals surface area contributed by atoms with Gasteiger partial charge in [0.15, 0.2) is 0 Å². The Labute approximate surface area is 136 Å². The molecule has 2 N–H and O–H groups in total. The molecule has 0 heterocycles. The van der Waals surface area contributed by atoms with Gasteiger partial charge in [0.1, 0.15) is 0 Å². The third-order valence-electron chi connectivity index (χ3n) is 7.69. The van der Waals surface area contributed by atoms with Gasteiger partial charge in [0.05, 0.1) is 11.7 Å². The molecule has 0 aliphatic heterocycles. The Bertz CT molecular complexity index is 470. The SMILES string of the molecule is C=C[C@@]1(C)CC[C@H]2[C@@](O)(C[C@@H](O)C3C(C)(C)CCC[C@@]32C)C1. The minimum Gasteiger partial charge on any atom is -0.393 e. The van der Waals surface area contributed by atoms with Gasteiger partial charge < -0.3 is 10.2 Å². The molecule has 3 fully saturated rings. The fraction of sp³-hybridized carbons (Fsp3) is 0.900. The number of hydrogen-bond donors (Lipinski definition) is 2. The summed E-state index contributed by atoms with van der Waals surface area (Å²) in [6.07, 6.45) is 8.69. The lowest BCUT2D eigenvalue weighted by Crippen LogP contribution is -2.65. The van der Waals surface area contributed by atoms with Gasteiger partial charge in [-0.1, -0.05) is 40.2 Å². The van der Waals surface area contributed by atoms with E-state index in [1.54, 1.807) is 0 Å². The van der Waals surface area contributed by atoms with Gasteiger partial charge in [0.2, 0.25) is 0 Å². The topological polar surface area (TPSA) is 40.5 Å². The minimum absolute atomic E-state index is 0.0123. The fourth-order valence-corrected chi connectivity index (χ4v) is 6.95. The second kappa shape index (κ2) is 4.83. The number of fused-ring (bicyclic) bond motifs is 3. The Morgan fingerprint density at radius 2 is 1.77 bits per heavy atom. The summed E-state index contributed by atoms with van der Waals surface area (Å²) in [5.41, 5.74) is -0.471. The smallest absolute Gasteiger partial charge is 0.0714 e. The molecule has 126 valence electrons. The van der Waals surface area contributed by atoms with Crippen molar-refractivity contribution in [1.29, 1.82) is 0 Å². The van der Waals surface area contributed by atoms with Crippen molar-refractivity contribution in [3.63, 3.8) is 0 Å². The number of aliphatic hydroxyl groups is 2. The van der Waals surface area contributed by atoms with Crippen molar-refractivity contribution in [3.05, 3.63) is 12.7 Å². The molecule has 0 aromatic rings. The van der Waals surface area contributed by atoms with E-state index in [0.717, 1.165) is 25.7 Å². The molecule has 0 aromatic heterocycles. The number of rotatable bonds is 1. The van der Waals surface area contributed by atoms with E-state index in [4.69, 9.17) is 0 Å². The van der Waals surface area contributed by atoms with Crippen LogP contribution in [0.15, 0.2) is 12.7 Å². The first-order valence-electron chi connectivity index (χ1n) is 9.10. The van der Waals surface area contributed by atoms with E-state index in [1.165, 1.54) is 12.8 Å². The maximum atomic E-state index is 11.5. The Hall–Kier alpha value is -0.340. The van der Waals surface area contributed by atoms with Gasteiger partial charge in [-0.25, -0.2) is 0 Å². The lowest BCUT2D eigenvalue weighted by Gasteiger charge is -2.66. The monoisotopic (exact) mass is 306 g/mol. The highest BCUT2D eigenvalue weighted by Gasteiger charge is 2.64. The number of allylic oxidation sites excluding steroid dienone is 1. The zero-order chi connectivity index (χ0) is 16.4. The Morgan fingerprint density at radius 1 is 1.09 bits per heavy atom. The zero-order valence-corrected chi connectivity index (χ0v) is 14.9. The van der Waals surface area contributed by atoms with Crippen LogP contribution in [0.2, 0.25) is 0 Å². The van der Waals surface area contributed by atoms with Crippen LogP contribution in [-0.2, 0) is 0 Å². The molecular weight excluding hydrogens is 272 g/mol. The molecule has 0 aromatic carbocycles. The van der Waals surface area contributed by atoms with E-state index in [1.807, 2.05) is 6.08 Å². The molecule has 0 saturated heterocycles. The van der Waals surface area contributed by atoms with E-state index < -0.39 is 5.60 Å². The maximum Gasteiger partial charge on any atom is 0.0714 e. The summed E-state index contributed by atoms with van der Waals surface area (Å²) in [7, 11) is 0. The molecule has 2 heteroatoms. The molecule has 22 heavy (non-hydrogen) atoms. The predicted octanol–water partition coefficient (Wildman–Crippen LogP) is 4.31. The average molecular weight is 306 g/mol. The standard InChI is InChI=1S/C20H34O2/c1-6-18(4)11-8-15-19(5)10-7-9-17(2,3)16(19)14(21)12-20(15,22)13-18/h6,14-16,21-22H,1,7-13H2,2-5H3/t14-,15-,16?,18+,19-,20-/m1/s1. The van der Waals surface area contributed by atoms with Crippen LogP contribution in [-0.4, -0.2) is 21.9 Å². The van der Waals surface area contributed by atoms with E-state index in [0.29, 0.717) is 18.3 Å². The number of hydrogen-bond acceptors (Lipinski definition) is 2. The maximum absolute atomic E-state index is 11.5. The van der Waals surface area contributed by atoms with Crippen molar-refractivity contribution in [2.24, 2.45) is 28.1 Å². The summed E-state index contributed by atoms with van der Waals surface area (Å²) in [5, 5.41) is 22.5. The molecule has 0 bridgehead atoms. The van der Waals surface area contributed by atoms with E-state index in [-0.39, 0.29) is 22.3 Å². The third kappa shape index (κ3) is 2.21. The van der Waals surface area contributed by atoms with Gasteiger partial charge in [0, 0.05) is 6.42 Å². The summed E-state index contributed by atoms with van der Waals surface area (Å²) in [5.74, 6) is 0.633.